The van der Waals surface area contributed by atoms with Crippen molar-refractivity contribution in [3.8, 4) is 11.5 Å². The summed E-state index contributed by atoms with van der Waals surface area (Å²) >= 11 is 10.4. The minimum absolute atomic E-state index is 0.214. The van der Waals surface area contributed by atoms with Crippen molar-refractivity contribution < 1.29 is 23.9 Å². The number of ether oxygens (including phenoxy) is 2. The number of nitrogens with one attached hydrogen (secondary N) is 1. The van der Waals surface area contributed by atoms with Crippen LogP contribution in [0.4, 0.5) is 10.5 Å². The van der Waals surface area contributed by atoms with E-state index in [0.717, 1.165) is 22.2 Å². The van der Waals surface area contributed by atoms with E-state index in [2.05, 4.69) is 21.2 Å². The number of hydrogen-bond acceptors (Lipinski definition) is 6. The summed E-state index contributed by atoms with van der Waals surface area (Å²) in [5.41, 5.74) is 2.04. The van der Waals surface area contributed by atoms with Crippen molar-refractivity contribution >= 4 is 68.1 Å². The molecule has 0 spiro atoms. The maximum Gasteiger partial charge on any atom is 0.294 e. The first-order valence-corrected chi connectivity index (χ1v) is 13.3. The highest BCUT2D eigenvalue weighted by Crippen LogP contribution is 2.35. The molecule has 0 radical (unpaired) electrons. The minimum atomic E-state index is -0.533. The second kappa shape index (κ2) is 12.3. The molecule has 3 aromatic rings. The van der Waals surface area contributed by atoms with Gasteiger partial charge in [0.25, 0.3) is 11.1 Å². The fourth-order valence-electron chi connectivity index (χ4n) is 3.46. The van der Waals surface area contributed by atoms with Crippen LogP contribution in [-0.2, 0) is 16.2 Å². The van der Waals surface area contributed by atoms with E-state index in [1.165, 1.54) is 0 Å². The number of hydrogen-bond donors (Lipinski definition) is 1. The SMILES string of the molecule is CCOc1cc(/C=C2/SC(=O)N(CC(=O)Nc3ccccc3Br)C2=O)ccc1OCc1ccccc1Cl. The lowest BCUT2D eigenvalue weighted by molar-refractivity contribution is -0.127. The monoisotopic (exact) mass is 600 g/mol. The van der Waals surface area contributed by atoms with E-state index in [9.17, 15) is 14.4 Å². The normalized spacial score (nSPS) is 14.2. The third-order valence-corrected chi connectivity index (χ3v) is 7.20. The van der Waals surface area contributed by atoms with Gasteiger partial charge in [-0.25, -0.2) is 0 Å². The van der Waals surface area contributed by atoms with Crippen LogP contribution in [0.1, 0.15) is 18.1 Å². The molecule has 1 saturated heterocycles. The Labute approximate surface area is 231 Å². The molecule has 0 aromatic heterocycles. The minimum Gasteiger partial charge on any atom is -0.490 e. The Morgan fingerprint density at radius 2 is 1.81 bits per heavy atom. The summed E-state index contributed by atoms with van der Waals surface area (Å²) in [5.74, 6) is 0.00880. The summed E-state index contributed by atoms with van der Waals surface area (Å²) in [6, 6.07) is 19.7. The summed E-state index contributed by atoms with van der Waals surface area (Å²) < 4.78 is 12.4. The number of nitrogens with zero attached hydrogens (tertiary/aromatic N) is 1. The van der Waals surface area contributed by atoms with Crippen LogP contribution in [0, 0.1) is 0 Å². The summed E-state index contributed by atoms with van der Waals surface area (Å²) in [5, 5.41) is 2.80. The zero-order valence-corrected chi connectivity index (χ0v) is 22.9. The lowest BCUT2D eigenvalue weighted by atomic mass is 10.1. The van der Waals surface area contributed by atoms with Crippen LogP contribution in [0.3, 0.4) is 0 Å². The number of thioether (sulfide) groups is 1. The van der Waals surface area contributed by atoms with Crippen LogP contribution in [0.5, 0.6) is 11.5 Å². The molecule has 0 unspecified atom stereocenters. The van der Waals surface area contributed by atoms with Crippen molar-refractivity contribution in [2.24, 2.45) is 0 Å². The molecule has 3 aromatic carbocycles. The van der Waals surface area contributed by atoms with Crippen LogP contribution in [0.15, 0.2) is 76.1 Å². The Bertz CT molecular complexity index is 1380. The zero-order valence-electron chi connectivity index (χ0n) is 19.7. The lowest BCUT2D eigenvalue weighted by Gasteiger charge is -2.14. The van der Waals surface area contributed by atoms with Crippen LogP contribution in [0.25, 0.3) is 6.08 Å². The molecule has 1 fully saturated rings. The van der Waals surface area contributed by atoms with Gasteiger partial charge in [-0.15, -0.1) is 0 Å². The number of carbonyl (C=O) groups excluding carboxylic acids is 3. The van der Waals surface area contributed by atoms with Crippen LogP contribution < -0.4 is 14.8 Å². The Kier molecular flexibility index (Phi) is 8.91. The zero-order chi connectivity index (χ0) is 26.4. The summed E-state index contributed by atoms with van der Waals surface area (Å²) in [7, 11) is 0. The Hall–Kier alpha value is -3.27. The predicted octanol–water partition coefficient (Wildman–Crippen LogP) is 6.76. The van der Waals surface area contributed by atoms with Crippen molar-refractivity contribution in [3.05, 3.63) is 92.3 Å². The number of amides is 3. The van der Waals surface area contributed by atoms with Gasteiger partial charge in [0.2, 0.25) is 5.91 Å². The van der Waals surface area contributed by atoms with Crippen LogP contribution in [-0.4, -0.2) is 35.1 Å². The number of imide groups is 1. The second-order valence-electron chi connectivity index (χ2n) is 7.82. The first-order chi connectivity index (χ1) is 17.9. The average Bonchev–Trinajstić information content (AvgIpc) is 3.13. The Balaban J connectivity index is 1.46. The third kappa shape index (κ3) is 6.74. The molecule has 1 N–H and O–H groups in total. The van der Waals surface area contributed by atoms with Gasteiger partial charge in [-0.05, 0) is 76.6 Å². The Morgan fingerprint density at radius 3 is 2.57 bits per heavy atom. The van der Waals surface area contributed by atoms with Gasteiger partial charge in [-0.2, -0.15) is 0 Å². The molecule has 1 aliphatic rings. The molecular formula is C27H22BrClN2O5S. The van der Waals surface area contributed by atoms with E-state index in [1.54, 1.807) is 48.5 Å². The molecule has 7 nitrogen and oxygen atoms in total. The number of rotatable bonds is 9. The van der Waals surface area contributed by atoms with Crippen LogP contribution >= 0.6 is 39.3 Å². The topological polar surface area (TPSA) is 84.9 Å². The molecule has 1 heterocycles. The summed E-state index contributed by atoms with van der Waals surface area (Å²) in [4.78, 5) is 39.0. The molecule has 0 atom stereocenters. The highest BCUT2D eigenvalue weighted by molar-refractivity contribution is 9.10. The van der Waals surface area contributed by atoms with E-state index in [-0.39, 0.29) is 18.1 Å². The highest BCUT2D eigenvalue weighted by Gasteiger charge is 2.36. The van der Waals surface area contributed by atoms with Gasteiger partial charge < -0.3 is 14.8 Å². The predicted molar refractivity (Wildman–Crippen MR) is 149 cm³/mol. The number of benzene rings is 3. The van der Waals surface area contributed by atoms with Crippen LogP contribution in [0.2, 0.25) is 5.02 Å². The lowest BCUT2D eigenvalue weighted by Crippen LogP contribution is -2.36. The summed E-state index contributed by atoms with van der Waals surface area (Å²) in [6.07, 6.45) is 1.59. The van der Waals surface area contributed by atoms with Gasteiger partial charge in [-0.1, -0.05) is 48.0 Å². The first kappa shape index (κ1) is 26.8. The van der Waals surface area contributed by atoms with E-state index in [4.69, 9.17) is 21.1 Å². The number of halogens is 2. The molecular weight excluding hydrogens is 580 g/mol. The number of para-hydroxylation sites is 1. The van der Waals surface area contributed by atoms with E-state index >= 15 is 0 Å². The fourth-order valence-corrected chi connectivity index (χ4v) is 4.87. The first-order valence-electron chi connectivity index (χ1n) is 11.3. The van der Waals surface area contributed by atoms with Gasteiger partial charge in [-0.3, -0.25) is 19.3 Å². The Morgan fingerprint density at radius 1 is 1.05 bits per heavy atom. The molecule has 3 amide bonds. The molecule has 10 heteroatoms. The number of anilines is 1. The standard InChI is InChI=1S/C27H22BrClN2O5S/c1-2-35-23-13-17(11-12-22(23)36-16-18-7-3-5-9-20(18)29)14-24-26(33)31(27(34)37-24)15-25(32)30-21-10-6-4-8-19(21)28/h3-14H,2,15-16H2,1H3,(H,30,32)/b24-14+. The van der Waals surface area contributed by atoms with Gasteiger partial charge >= 0.3 is 0 Å². The second-order valence-corrected chi connectivity index (χ2v) is 10.1. The molecule has 1 aliphatic heterocycles. The smallest absolute Gasteiger partial charge is 0.294 e. The molecule has 0 aliphatic carbocycles. The number of carbonyl (C=O) groups is 3. The van der Waals surface area contributed by atoms with Crippen molar-refractivity contribution in [2.45, 2.75) is 13.5 Å². The quantitative estimate of drug-likeness (QED) is 0.273. The van der Waals surface area contributed by atoms with E-state index in [1.807, 2.05) is 31.2 Å². The van der Waals surface area contributed by atoms with Crippen molar-refractivity contribution in [1.82, 2.24) is 4.90 Å². The van der Waals surface area contributed by atoms with E-state index in [0.29, 0.717) is 38.9 Å². The van der Waals surface area contributed by atoms with Gasteiger partial charge in [0.15, 0.2) is 11.5 Å². The average molecular weight is 602 g/mol. The van der Waals surface area contributed by atoms with E-state index < -0.39 is 17.1 Å². The molecule has 190 valence electrons. The van der Waals surface area contributed by atoms with Gasteiger partial charge in [0.05, 0.1) is 17.2 Å². The highest BCUT2D eigenvalue weighted by atomic mass is 79.9. The fraction of sp³-hybridized carbons (Fsp3) is 0.148. The maximum atomic E-state index is 12.9. The van der Waals surface area contributed by atoms with Gasteiger partial charge in [0.1, 0.15) is 13.2 Å². The summed E-state index contributed by atoms with van der Waals surface area (Å²) in [6.45, 7) is 2.14. The molecule has 0 bridgehead atoms. The van der Waals surface area contributed by atoms with Crippen molar-refractivity contribution in [2.75, 3.05) is 18.5 Å². The molecule has 37 heavy (non-hydrogen) atoms. The third-order valence-electron chi connectivity index (χ3n) is 5.23. The van der Waals surface area contributed by atoms with Crippen molar-refractivity contribution in [3.63, 3.8) is 0 Å². The van der Waals surface area contributed by atoms with Crippen molar-refractivity contribution in [1.29, 1.82) is 0 Å². The molecule has 4 rings (SSSR count). The largest absolute Gasteiger partial charge is 0.490 e. The molecule has 0 saturated carbocycles. The van der Waals surface area contributed by atoms with Gasteiger partial charge in [0, 0.05) is 15.1 Å². The maximum absolute atomic E-state index is 12.9.